The maximum atomic E-state index is 14.9. The minimum Gasteiger partial charge on any atom is -0.504 e. The monoisotopic (exact) mass is 777 g/mol. The number of hydrogen-bond donors (Lipinski definition) is 3. The van der Waals surface area contributed by atoms with Crippen LogP contribution in [0.5, 0.6) is 28.7 Å². The molecule has 3 aromatic carbocycles. The number of aromatic hydroxyl groups is 1. The first-order valence-electron chi connectivity index (χ1n) is 19.1. The lowest BCUT2D eigenvalue weighted by molar-refractivity contribution is -0.157. The molecule has 7 atom stereocenters. The van der Waals surface area contributed by atoms with Gasteiger partial charge in [-0.15, -0.1) is 11.8 Å². The van der Waals surface area contributed by atoms with Crippen LogP contribution >= 0.6 is 11.8 Å². The number of nitrogens with zero attached hydrogens (tertiary/aromatic N) is 3. The number of esters is 2. The summed E-state index contributed by atoms with van der Waals surface area (Å²) in [6, 6.07) is 8.47. The smallest absolute Gasteiger partial charge is 0.333 e. The van der Waals surface area contributed by atoms with Crippen LogP contribution in [0, 0.1) is 32.1 Å². The molecule has 3 N–H and O–H groups in total. The number of ether oxygens (including phenoxy) is 5. The molecule has 2 saturated heterocycles. The number of carbonyl (C=O) groups is 2. The van der Waals surface area contributed by atoms with Crippen LogP contribution < -0.4 is 24.3 Å². The molecule has 290 valence electrons. The van der Waals surface area contributed by atoms with Crippen molar-refractivity contribution in [2.24, 2.45) is 0 Å². The number of phenolic OH excluding ortho intramolecular Hbond substituents is 1. The van der Waals surface area contributed by atoms with Crippen molar-refractivity contribution in [1.29, 1.82) is 5.26 Å². The van der Waals surface area contributed by atoms with Crippen molar-refractivity contribution in [3.05, 3.63) is 74.5 Å². The number of thioether (sulfide) groups is 1. The third kappa shape index (κ3) is 4.65. The Morgan fingerprint density at radius 2 is 1.91 bits per heavy atom. The Morgan fingerprint density at radius 3 is 2.68 bits per heavy atom. The van der Waals surface area contributed by atoms with E-state index in [1.807, 2.05) is 20.9 Å². The minimum atomic E-state index is -1.24. The lowest BCUT2D eigenvalue weighted by Gasteiger charge is -2.62. The van der Waals surface area contributed by atoms with E-state index in [-0.39, 0.29) is 30.9 Å². The van der Waals surface area contributed by atoms with E-state index in [4.69, 9.17) is 23.7 Å². The lowest BCUT2D eigenvalue weighted by atomic mass is 9.71. The quantitative estimate of drug-likeness (QED) is 0.183. The number of likely N-dealkylation sites (N-methyl/N-ethyl adjacent to an activating group) is 1. The fourth-order valence-corrected chi connectivity index (χ4v) is 12.4. The maximum absolute atomic E-state index is 14.9. The number of methoxy groups -OCH3 is 1. The number of hydrogen-bond acceptors (Lipinski definition) is 13. The molecule has 1 aromatic heterocycles. The highest BCUT2D eigenvalue weighted by atomic mass is 32.2. The highest BCUT2D eigenvalue weighted by Gasteiger charge is 2.62. The van der Waals surface area contributed by atoms with Gasteiger partial charge in [0.15, 0.2) is 28.5 Å². The first-order valence-corrected chi connectivity index (χ1v) is 20.1. The summed E-state index contributed by atoms with van der Waals surface area (Å²) in [5, 5.41) is 27.5. The van der Waals surface area contributed by atoms with Crippen molar-refractivity contribution in [3.63, 3.8) is 0 Å². The fraction of sp³-hybridized carbons (Fsp3) is 0.452. The van der Waals surface area contributed by atoms with Gasteiger partial charge in [0.1, 0.15) is 18.4 Å². The van der Waals surface area contributed by atoms with Crippen LogP contribution in [0.3, 0.4) is 0 Å². The molecule has 2 fully saturated rings. The summed E-state index contributed by atoms with van der Waals surface area (Å²) < 4.78 is 30.8. The number of nitriles is 1. The number of piperazine rings is 1. The maximum Gasteiger partial charge on any atom is 0.333 e. The number of aromatic amines is 1. The van der Waals surface area contributed by atoms with Crippen LogP contribution in [0.1, 0.15) is 74.5 Å². The normalized spacial score (nSPS) is 28.8. The summed E-state index contributed by atoms with van der Waals surface area (Å²) >= 11 is 1.56. The van der Waals surface area contributed by atoms with E-state index in [1.54, 1.807) is 18.9 Å². The minimum absolute atomic E-state index is 0.0361. The van der Waals surface area contributed by atoms with Gasteiger partial charge in [-0.3, -0.25) is 19.9 Å². The van der Waals surface area contributed by atoms with Gasteiger partial charge in [-0.25, -0.2) is 4.79 Å². The zero-order valence-electron chi connectivity index (χ0n) is 32.1. The van der Waals surface area contributed by atoms with Crippen LogP contribution in [0.25, 0.3) is 10.9 Å². The van der Waals surface area contributed by atoms with Gasteiger partial charge >= 0.3 is 11.9 Å². The average molecular weight is 778 g/mol. The highest BCUT2D eigenvalue weighted by molar-refractivity contribution is 7.99. The molecule has 0 amide bonds. The zero-order valence-corrected chi connectivity index (χ0v) is 32.9. The molecule has 0 radical (unpaired) electrons. The van der Waals surface area contributed by atoms with Crippen LogP contribution in [0.4, 0.5) is 0 Å². The van der Waals surface area contributed by atoms with E-state index in [9.17, 15) is 20.0 Å². The van der Waals surface area contributed by atoms with Gasteiger partial charge in [-0.05, 0) is 69.5 Å². The second kappa shape index (κ2) is 12.5. The van der Waals surface area contributed by atoms with E-state index < -0.39 is 46.9 Å². The average Bonchev–Trinajstić information content (AvgIpc) is 3.81. The first kappa shape index (κ1) is 35.5. The lowest BCUT2D eigenvalue weighted by Crippen LogP contribution is -2.69. The summed E-state index contributed by atoms with van der Waals surface area (Å²) in [5.41, 5.74) is 7.27. The number of rotatable bonds is 2. The molecule has 14 heteroatoms. The number of phenols is 1. The Hall–Kier alpha value is -4.94. The standard InChI is InChI=1S/C42H43N5O8S/c1-18-7-8-25-24(11-18)23-9-10-44-42(40(23)45-25)16-56-39-31-30(38-37(53-17-54-38)20(3)36(31)55-21(4)48)28(15-52-41(42)50)47-27(14-43)26-13-22-12-19(2)35(51-6)34(49)29(22)32(33(39)47)46(26)5/h7-8,11-12,26-28,32-33,39,44-45,49H,9-10,13,15-17H2,1-6H3/t26-,27+,28-,32-,33?,39-,42-/m1/s1. The number of benzene rings is 3. The van der Waals surface area contributed by atoms with Gasteiger partial charge < -0.3 is 33.8 Å². The molecule has 1 unspecified atom stereocenters. The number of carbonyl (C=O) groups excluding carboxylic acids is 2. The predicted octanol–water partition coefficient (Wildman–Crippen LogP) is 5.06. The summed E-state index contributed by atoms with van der Waals surface area (Å²) in [6.45, 7) is 7.63. The molecule has 4 aromatic rings. The predicted molar refractivity (Wildman–Crippen MR) is 206 cm³/mol. The third-order valence-electron chi connectivity index (χ3n) is 13.0. The van der Waals surface area contributed by atoms with Gasteiger partial charge in [0.25, 0.3) is 0 Å². The van der Waals surface area contributed by atoms with E-state index >= 15 is 0 Å². The molecule has 0 saturated carbocycles. The topological polar surface area (TPSA) is 159 Å². The SMILES string of the molecule is COc1c(C)cc2c(c1O)[C@@H]1C3[C@@H]4SC[C@]5(NCCc6c5[nH]c5ccc(C)cc65)C(=O)OC[C@H](c5c6c(c(C)c(OC(C)=O)c54)OCO6)N3[C@@H](C#N)[C@@H](C2)N1C. The molecular weight excluding hydrogens is 735 g/mol. The number of aryl methyl sites for hydroxylation is 2. The molecule has 7 aliphatic heterocycles. The summed E-state index contributed by atoms with van der Waals surface area (Å²) in [5.74, 6) is 1.15. The molecule has 8 heterocycles. The molecule has 11 rings (SSSR count). The van der Waals surface area contributed by atoms with Gasteiger partial charge in [0.05, 0.1) is 36.2 Å². The van der Waals surface area contributed by atoms with E-state index in [1.165, 1.54) is 6.92 Å². The van der Waals surface area contributed by atoms with Gasteiger partial charge in [-0.1, -0.05) is 17.7 Å². The van der Waals surface area contributed by atoms with Crippen molar-refractivity contribution in [2.45, 2.75) is 81.5 Å². The fourth-order valence-electron chi connectivity index (χ4n) is 10.8. The Balaban J connectivity index is 1.25. The number of H-pyrrole nitrogens is 1. The molecule has 0 aliphatic carbocycles. The van der Waals surface area contributed by atoms with Crippen molar-refractivity contribution >= 4 is 34.6 Å². The van der Waals surface area contributed by atoms with Gasteiger partial charge in [0.2, 0.25) is 6.79 Å². The summed E-state index contributed by atoms with van der Waals surface area (Å²) in [6.07, 6.45) is 1.25. The second-order valence-electron chi connectivity index (χ2n) is 15.9. The van der Waals surface area contributed by atoms with Crippen molar-refractivity contribution in [1.82, 2.24) is 20.1 Å². The number of fused-ring (bicyclic) bond motifs is 11. The number of aromatic nitrogens is 1. The second-order valence-corrected chi connectivity index (χ2v) is 17.1. The molecule has 1 spiro atoms. The Labute approximate surface area is 328 Å². The van der Waals surface area contributed by atoms with Gasteiger partial charge in [-0.2, -0.15) is 5.26 Å². The molecule has 4 bridgehead atoms. The molecule has 56 heavy (non-hydrogen) atoms. The van der Waals surface area contributed by atoms with Crippen LogP contribution in [-0.2, 0) is 32.7 Å². The highest BCUT2D eigenvalue weighted by Crippen LogP contribution is 2.64. The van der Waals surface area contributed by atoms with Crippen LogP contribution in [0.15, 0.2) is 24.3 Å². The summed E-state index contributed by atoms with van der Waals surface area (Å²) in [7, 11) is 3.58. The largest absolute Gasteiger partial charge is 0.504 e. The third-order valence-corrected chi connectivity index (χ3v) is 14.5. The Bertz CT molecular complexity index is 2440. The van der Waals surface area contributed by atoms with E-state index in [0.29, 0.717) is 47.1 Å². The van der Waals surface area contributed by atoms with Crippen molar-refractivity contribution < 1.29 is 38.4 Å². The van der Waals surface area contributed by atoms with Gasteiger partial charge in [0, 0.05) is 64.5 Å². The molecule has 13 nitrogen and oxygen atoms in total. The first-order chi connectivity index (χ1) is 27.0. The van der Waals surface area contributed by atoms with E-state index in [2.05, 4.69) is 57.4 Å². The van der Waals surface area contributed by atoms with Crippen LogP contribution in [0.2, 0.25) is 0 Å². The van der Waals surface area contributed by atoms with Crippen molar-refractivity contribution in [3.8, 4) is 34.8 Å². The molecule has 7 aliphatic rings. The summed E-state index contributed by atoms with van der Waals surface area (Å²) in [4.78, 5) is 35.9. The zero-order chi connectivity index (χ0) is 38.9. The Morgan fingerprint density at radius 1 is 1.11 bits per heavy atom. The number of nitrogens with one attached hydrogen (secondary N) is 2. The molecular formula is C42H43N5O8S. The van der Waals surface area contributed by atoms with E-state index in [0.717, 1.165) is 56.4 Å². The van der Waals surface area contributed by atoms with Crippen LogP contribution in [-0.4, -0.2) is 89.8 Å². The van der Waals surface area contributed by atoms with Crippen molar-refractivity contribution in [2.75, 3.05) is 39.9 Å². The Kier molecular flexibility index (Phi) is 7.94.